The molecule has 1 aromatic rings. The van der Waals surface area contributed by atoms with E-state index in [4.69, 9.17) is 11.6 Å². The van der Waals surface area contributed by atoms with E-state index in [1.807, 2.05) is 31.0 Å². The van der Waals surface area contributed by atoms with Gasteiger partial charge in [-0.1, -0.05) is 28.8 Å². The van der Waals surface area contributed by atoms with Gasteiger partial charge in [0, 0.05) is 13.1 Å². The number of hydrogen-bond donors (Lipinski definition) is 0. The predicted octanol–water partition coefficient (Wildman–Crippen LogP) is 4.05. The third-order valence-electron chi connectivity index (χ3n) is 2.25. The van der Waals surface area contributed by atoms with E-state index < -0.39 is 0 Å². The monoisotopic (exact) mass is 249 g/mol. The summed E-state index contributed by atoms with van der Waals surface area (Å²) in [5.41, 5.74) is 1.44. The summed E-state index contributed by atoms with van der Waals surface area (Å²) in [6, 6.07) is 5.51. The topological polar surface area (TPSA) is 28.0 Å². The van der Waals surface area contributed by atoms with Gasteiger partial charge in [-0.15, -0.1) is 11.0 Å². The molecule has 0 saturated heterocycles. The van der Waals surface area contributed by atoms with Crippen LogP contribution in [-0.2, 0) is 0 Å². The maximum Gasteiger partial charge on any atom is 0.105 e. The Bertz CT molecular complexity index is 453. The van der Waals surface area contributed by atoms with Crippen molar-refractivity contribution in [3.63, 3.8) is 0 Å². The highest BCUT2D eigenvalue weighted by Crippen LogP contribution is 2.26. The number of rotatable bonds is 4. The Morgan fingerprint density at radius 3 is 2.59 bits per heavy atom. The lowest BCUT2D eigenvalue weighted by Crippen LogP contribution is -2.14. The third-order valence-corrected chi connectivity index (χ3v) is 2.57. The molecule has 0 radical (unpaired) electrons. The van der Waals surface area contributed by atoms with Crippen molar-refractivity contribution < 1.29 is 0 Å². The largest absolute Gasteiger partial charge is 0.279 e. The van der Waals surface area contributed by atoms with E-state index in [1.165, 1.54) is 0 Å². The molecule has 0 fully saturated rings. The SMILES string of the molecule is CC#Cc1c(Cl)cccc1/N=N/N(CC)CC. The molecule has 1 aromatic carbocycles. The summed E-state index contributed by atoms with van der Waals surface area (Å²) in [6.45, 7) is 7.50. The molecule has 0 spiro atoms. The minimum Gasteiger partial charge on any atom is -0.279 e. The molecular weight excluding hydrogens is 234 g/mol. The first-order valence-corrected chi connectivity index (χ1v) is 5.98. The molecular formula is C13H16ClN3. The molecule has 4 heteroatoms. The molecule has 3 nitrogen and oxygen atoms in total. The van der Waals surface area contributed by atoms with Gasteiger partial charge in [0.2, 0.25) is 0 Å². The van der Waals surface area contributed by atoms with Crippen LogP contribution in [0.4, 0.5) is 5.69 Å². The van der Waals surface area contributed by atoms with E-state index in [9.17, 15) is 0 Å². The molecule has 0 amide bonds. The number of benzene rings is 1. The lowest BCUT2D eigenvalue weighted by molar-refractivity contribution is 0.300. The second-order valence-corrected chi connectivity index (χ2v) is 3.74. The van der Waals surface area contributed by atoms with Gasteiger partial charge in [0.05, 0.1) is 10.6 Å². The van der Waals surface area contributed by atoms with Gasteiger partial charge in [-0.2, -0.15) is 0 Å². The van der Waals surface area contributed by atoms with Crippen LogP contribution in [-0.4, -0.2) is 18.1 Å². The fraction of sp³-hybridized carbons (Fsp3) is 0.385. The molecule has 90 valence electrons. The first-order valence-electron chi connectivity index (χ1n) is 5.60. The van der Waals surface area contributed by atoms with E-state index in [0.29, 0.717) is 10.7 Å². The Labute approximate surface area is 107 Å². The molecule has 0 aliphatic carbocycles. The average molecular weight is 250 g/mol. The van der Waals surface area contributed by atoms with Crippen molar-refractivity contribution in [1.82, 2.24) is 5.01 Å². The van der Waals surface area contributed by atoms with Gasteiger partial charge in [0.15, 0.2) is 0 Å². The molecule has 0 unspecified atom stereocenters. The minimum atomic E-state index is 0.607. The van der Waals surface area contributed by atoms with Crippen LogP contribution in [0, 0.1) is 11.8 Å². The third kappa shape index (κ3) is 3.76. The van der Waals surface area contributed by atoms with Gasteiger partial charge in [-0.05, 0) is 32.9 Å². The van der Waals surface area contributed by atoms with Crippen LogP contribution in [0.15, 0.2) is 28.5 Å². The molecule has 1 rings (SSSR count). The molecule has 0 heterocycles. The average Bonchev–Trinajstić information content (AvgIpc) is 2.34. The van der Waals surface area contributed by atoms with E-state index in [1.54, 1.807) is 13.0 Å². The molecule has 0 aliphatic heterocycles. The van der Waals surface area contributed by atoms with Crippen molar-refractivity contribution in [1.29, 1.82) is 0 Å². The summed E-state index contributed by atoms with van der Waals surface area (Å²) in [5, 5.41) is 10.8. The Hall–Kier alpha value is -1.53. The quantitative estimate of drug-likeness (QED) is 0.449. The highest BCUT2D eigenvalue weighted by atomic mass is 35.5. The summed E-state index contributed by atoms with van der Waals surface area (Å²) in [7, 11) is 0. The van der Waals surface area contributed by atoms with Crippen molar-refractivity contribution in [2.45, 2.75) is 20.8 Å². The van der Waals surface area contributed by atoms with Crippen LogP contribution in [0.1, 0.15) is 26.3 Å². The molecule has 0 saturated carbocycles. The summed E-state index contributed by atoms with van der Waals surface area (Å²) >= 11 is 6.07. The van der Waals surface area contributed by atoms with Crippen molar-refractivity contribution in [2.75, 3.05) is 13.1 Å². The van der Waals surface area contributed by atoms with Gasteiger partial charge >= 0.3 is 0 Å². The molecule has 0 aliphatic rings. The number of nitrogens with zero attached hydrogens (tertiary/aromatic N) is 3. The van der Waals surface area contributed by atoms with Crippen LogP contribution < -0.4 is 0 Å². The van der Waals surface area contributed by atoms with E-state index >= 15 is 0 Å². The smallest absolute Gasteiger partial charge is 0.105 e. The molecule has 0 bridgehead atoms. The summed E-state index contributed by atoms with van der Waals surface area (Å²) in [5.74, 6) is 5.78. The number of hydrogen-bond acceptors (Lipinski definition) is 2. The Kier molecular flexibility index (Phi) is 5.51. The summed E-state index contributed by atoms with van der Waals surface area (Å²) in [6.07, 6.45) is 0. The normalized spacial score (nSPS) is 10.1. The Morgan fingerprint density at radius 1 is 1.29 bits per heavy atom. The van der Waals surface area contributed by atoms with Crippen molar-refractivity contribution in [3.8, 4) is 11.8 Å². The molecule has 0 atom stereocenters. The fourth-order valence-electron chi connectivity index (χ4n) is 1.31. The minimum absolute atomic E-state index is 0.607. The molecule has 17 heavy (non-hydrogen) atoms. The van der Waals surface area contributed by atoms with Gasteiger partial charge in [-0.25, -0.2) is 0 Å². The Balaban J connectivity index is 3.04. The van der Waals surface area contributed by atoms with Crippen LogP contribution >= 0.6 is 11.6 Å². The molecule has 0 N–H and O–H groups in total. The zero-order chi connectivity index (χ0) is 12.7. The fourth-order valence-corrected chi connectivity index (χ4v) is 1.52. The lowest BCUT2D eigenvalue weighted by Gasteiger charge is -2.11. The summed E-state index contributed by atoms with van der Waals surface area (Å²) in [4.78, 5) is 0. The van der Waals surface area contributed by atoms with Crippen LogP contribution in [0.25, 0.3) is 0 Å². The lowest BCUT2D eigenvalue weighted by atomic mass is 10.2. The van der Waals surface area contributed by atoms with Gasteiger partial charge in [0.25, 0.3) is 0 Å². The van der Waals surface area contributed by atoms with Crippen LogP contribution in [0.5, 0.6) is 0 Å². The predicted molar refractivity (Wildman–Crippen MR) is 71.4 cm³/mol. The van der Waals surface area contributed by atoms with Crippen molar-refractivity contribution in [2.24, 2.45) is 10.3 Å². The van der Waals surface area contributed by atoms with E-state index in [-0.39, 0.29) is 0 Å². The van der Waals surface area contributed by atoms with Crippen molar-refractivity contribution >= 4 is 17.3 Å². The standard InChI is InChI=1S/C13H16ClN3/c1-4-8-11-12(14)9-7-10-13(11)15-16-17(5-2)6-3/h7,9-10H,5-6H2,1-3H3/b16-15+. The van der Waals surface area contributed by atoms with Crippen LogP contribution in [0.3, 0.4) is 0 Å². The zero-order valence-corrected chi connectivity index (χ0v) is 11.1. The Morgan fingerprint density at radius 2 is 2.00 bits per heavy atom. The second kappa shape index (κ2) is 6.93. The zero-order valence-electron chi connectivity index (χ0n) is 10.4. The highest BCUT2D eigenvalue weighted by Gasteiger charge is 2.03. The first kappa shape index (κ1) is 13.5. The van der Waals surface area contributed by atoms with Gasteiger partial charge < -0.3 is 0 Å². The van der Waals surface area contributed by atoms with Crippen molar-refractivity contribution in [3.05, 3.63) is 28.8 Å². The first-order chi connectivity index (χ1) is 8.22. The van der Waals surface area contributed by atoms with Crippen LogP contribution in [0.2, 0.25) is 5.02 Å². The highest BCUT2D eigenvalue weighted by molar-refractivity contribution is 6.32. The molecule has 0 aromatic heterocycles. The number of halogens is 1. The second-order valence-electron chi connectivity index (χ2n) is 3.34. The van der Waals surface area contributed by atoms with E-state index in [0.717, 1.165) is 18.7 Å². The summed E-state index contributed by atoms with van der Waals surface area (Å²) < 4.78 is 0. The van der Waals surface area contributed by atoms with Gasteiger partial charge in [-0.3, -0.25) is 5.01 Å². The maximum absolute atomic E-state index is 6.07. The van der Waals surface area contributed by atoms with Gasteiger partial charge in [0.1, 0.15) is 5.69 Å². The van der Waals surface area contributed by atoms with E-state index in [2.05, 4.69) is 22.2 Å². The maximum atomic E-state index is 6.07.